The average molecular weight is 270 g/mol. The molecule has 1 atom stereocenters. The lowest BCUT2D eigenvalue weighted by molar-refractivity contribution is 0.624. The van der Waals surface area contributed by atoms with Gasteiger partial charge in [0.05, 0.1) is 5.02 Å². The molecule has 2 N–H and O–H groups in total. The van der Waals surface area contributed by atoms with Gasteiger partial charge in [-0.1, -0.05) is 23.7 Å². The van der Waals surface area contributed by atoms with E-state index < -0.39 is 0 Å². The Bertz CT molecular complexity index is 480. The van der Waals surface area contributed by atoms with Crippen molar-refractivity contribution in [2.45, 2.75) is 18.9 Å². The van der Waals surface area contributed by atoms with E-state index in [1.165, 1.54) is 12.1 Å². The van der Waals surface area contributed by atoms with E-state index in [4.69, 9.17) is 17.3 Å². The molecule has 0 saturated carbocycles. The first-order chi connectivity index (χ1) is 8.15. The van der Waals surface area contributed by atoms with Crippen LogP contribution in [0.2, 0.25) is 5.02 Å². The summed E-state index contributed by atoms with van der Waals surface area (Å²) in [4.78, 5) is 1.11. The van der Waals surface area contributed by atoms with Crippen LogP contribution in [0.3, 0.4) is 0 Å². The molecule has 1 nitrogen and oxygen atoms in total. The van der Waals surface area contributed by atoms with E-state index in [1.807, 2.05) is 11.4 Å². The second-order valence-corrected chi connectivity index (χ2v) is 5.39. The van der Waals surface area contributed by atoms with E-state index in [0.717, 1.165) is 28.3 Å². The first-order valence-electron chi connectivity index (χ1n) is 5.37. The summed E-state index contributed by atoms with van der Waals surface area (Å²) in [5, 5.41) is 2.74. The lowest BCUT2D eigenvalue weighted by Crippen LogP contribution is -2.25. The molecule has 1 aromatic heterocycles. The highest BCUT2D eigenvalue weighted by Gasteiger charge is 2.09. The third kappa shape index (κ3) is 3.53. The summed E-state index contributed by atoms with van der Waals surface area (Å²) in [6.45, 7) is 0. The molecule has 17 heavy (non-hydrogen) atoms. The minimum absolute atomic E-state index is 0.0108. The minimum atomic E-state index is -0.219. The van der Waals surface area contributed by atoms with Crippen molar-refractivity contribution in [2.24, 2.45) is 5.73 Å². The van der Waals surface area contributed by atoms with E-state index >= 15 is 0 Å². The lowest BCUT2D eigenvalue weighted by Gasteiger charge is -2.10. The summed E-state index contributed by atoms with van der Waals surface area (Å²) < 4.78 is 12.7. The van der Waals surface area contributed by atoms with E-state index in [-0.39, 0.29) is 11.9 Å². The highest BCUT2D eigenvalue weighted by molar-refractivity contribution is 7.10. The molecule has 1 heterocycles. The van der Waals surface area contributed by atoms with Gasteiger partial charge in [0.1, 0.15) is 5.82 Å². The van der Waals surface area contributed by atoms with Crippen LogP contribution in [-0.4, -0.2) is 6.04 Å². The average Bonchev–Trinajstić information content (AvgIpc) is 2.68. The summed E-state index contributed by atoms with van der Waals surface area (Å²) in [6, 6.07) is 8.35. The predicted octanol–water partition coefficient (Wildman–Crippen LogP) is 3.65. The quantitative estimate of drug-likeness (QED) is 0.901. The Morgan fingerprint density at radius 3 is 2.47 bits per heavy atom. The van der Waals surface area contributed by atoms with Crippen molar-refractivity contribution in [3.63, 3.8) is 0 Å². The van der Waals surface area contributed by atoms with Crippen LogP contribution in [0.4, 0.5) is 4.39 Å². The van der Waals surface area contributed by atoms with Gasteiger partial charge < -0.3 is 5.73 Å². The first kappa shape index (κ1) is 12.6. The maximum absolute atomic E-state index is 12.7. The Labute approximate surface area is 109 Å². The third-order valence-electron chi connectivity index (χ3n) is 2.55. The van der Waals surface area contributed by atoms with Crippen molar-refractivity contribution in [3.8, 4) is 0 Å². The lowest BCUT2D eigenvalue weighted by atomic mass is 10.0. The largest absolute Gasteiger partial charge is 0.327 e. The minimum Gasteiger partial charge on any atom is -0.327 e. The van der Waals surface area contributed by atoms with E-state index in [2.05, 4.69) is 0 Å². The molecule has 0 radical (unpaired) electrons. The number of halogens is 2. The number of benzene rings is 1. The molecule has 0 amide bonds. The van der Waals surface area contributed by atoms with E-state index in [9.17, 15) is 4.39 Å². The van der Waals surface area contributed by atoms with Crippen LogP contribution in [0.25, 0.3) is 0 Å². The second kappa shape index (κ2) is 5.63. The van der Waals surface area contributed by atoms with Crippen molar-refractivity contribution in [1.82, 2.24) is 0 Å². The Morgan fingerprint density at radius 1 is 1.18 bits per heavy atom. The van der Waals surface area contributed by atoms with Crippen molar-refractivity contribution in [2.75, 3.05) is 0 Å². The number of thiophene rings is 1. The van der Waals surface area contributed by atoms with Crippen LogP contribution in [0.15, 0.2) is 35.7 Å². The second-order valence-electron chi connectivity index (χ2n) is 3.99. The number of hydrogen-bond acceptors (Lipinski definition) is 2. The Morgan fingerprint density at radius 2 is 1.88 bits per heavy atom. The predicted molar refractivity (Wildman–Crippen MR) is 71.1 cm³/mol. The Balaban J connectivity index is 1.95. The fourth-order valence-electron chi connectivity index (χ4n) is 1.70. The van der Waals surface area contributed by atoms with Crippen molar-refractivity contribution < 1.29 is 4.39 Å². The fraction of sp³-hybridized carbons (Fsp3) is 0.231. The topological polar surface area (TPSA) is 26.0 Å². The van der Waals surface area contributed by atoms with Crippen molar-refractivity contribution in [1.29, 1.82) is 0 Å². The molecule has 4 heteroatoms. The zero-order valence-electron chi connectivity index (χ0n) is 9.20. The maximum atomic E-state index is 12.7. The van der Waals surface area contributed by atoms with Gasteiger partial charge in [-0.2, -0.15) is 0 Å². The van der Waals surface area contributed by atoms with Gasteiger partial charge in [0.15, 0.2) is 0 Å². The zero-order valence-corrected chi connectivity index (χ0v) is 10.8. The third-order valence-corrected chi connectivity index (χ3v) is 3.96. The molecule has 1 aromatic carbocycles. The van der Waals surface area contributed by atoms with Crippen molar-refractivity contribution >= 4 is 22.9 Å². The van der Waals surface area contributed by atoms with E-state index in [0.29, 0.717) is 0 Å². The number of rotatable bonds is 4. The first-order valence-corrected chi connectivity index (χ1v) is 6.63. The SMILES string of the molecule is NC(Cc1ccc(F)cc1)Cc1sccc1Cl. The van der Waals surface area contributed by atoms with Crippen LogP contribution in [0.1, 0.15) is 10.4 Å². The van der Waals surface area contributed by atoms with Crippen LogP contribution in [-0.2, 0) is 12.8 Å². The number of hydrogen-bond donors (Lipinski definition) is 1. The molecule has 0 spiro atoms. The van der Waals surface area contributed by atoms with Crippen LogP contribution >= 0.6 is 22.9 Å². The molecule has 0 aliphatic rings. The molecule has 0 saturated heterocycles. The maximum Gasteiger partial charge on any atom is 0.123 e. The zero-order chi connectivity index (χ0) is 12.3. The van der Waals surface area contributed by atoms with Gasteiger partial charge in [-0.05, 0) is 42.0 Å². The van der Waals surface area contributed by atoms with Gasteiger partial charge >= 0.3 is 0 Å². The molecule has 90 valence electrons. The normalized spacial score (nSPS) is 12.6. The highest BCUT2D eigenvalue weighted by atomic mass is 35.5. The summed E-state index contributed by atoms with van der Waals surface area (Å²) in [7, 11) is 0. The standard InChI is InChI=1S/C13H13ClFNS/c14-12-5-6-17-13(12)8-11(16)7-9-1-3-10(15)4-2-9/h1-6,11H,7-8,16H2. The highest BCUT2D eigenvalue weighted by Crippen LogP contribution is 2.23. The van der Waals surface area contributed by atoms with Gasteiger partial charge in [-0.15, -0.1) is 11.3 Å². The molecule has 2 aromatic rings. The van der Waals surface area contributed by atoms with E-state index in [1.54, 1.807) is 23.5 Å². The summed E-state index contributed by atoms with van der Waals surface area (Å²) in [5.41, 5.74) is 7.11. The van der Waals surface area contributed by atoms with Gasteiger partial charge in [0.2, 0.25) is 0 Å². The Kier molecular flexibility index (Phi) is 4.15. The van der Waals surface area contributed by atoms with Crippen molar-refractivity contribution in [3.05, 3.63) is 57.0 Å². The smallest absolute Gasteiger partial charge is 0.123 e. The fourth-order valence-corrected chi connectivity index (χ4v) is 2.91. The molecule has 0 aliphatic heterocycles. The summed E-state index contributed by atoms with van der Waals surface area (Å²) >= 11 is 7.63. The number of nitrogens with two attached hydrogens (primary N) is 1. The van der Waals surface area contributed by atoms with Gasteiger partial charge in [0, 0.05) is 10.9 Å². The molecule has 0 aliphatic carbocycles. The van der Waals surface area contributed by atoms with Gasteiger partial charge in [-0.3, -0.25) is 0 Å². The van der Waals surface area contributed by atoms with Gasteiger partial charge in [-0.25, -0.2) is 4.39 Å². The molecule has 1 unspecified atom stereocenters. The molecule has 0 fully saturated rings. The van der Waals surface area contributed by atoms with Gasteiger partial charge in [0.25, 0.3) is 0 Å². The van der Waals surface area contributed by atoms with Crippen LogP contribution < -0.4 is 5.73 Å². The molecular formula is C13H13ClFNS. The molecule has 2 rings (SSSR count). The molecule has 0 bridgehead atoms. The van der Waals surface area contributed by atoms with Crippen LogP contribution in [0, 0.1) is 5.82 Å². The van der Waals surface area contributed by atoms with Crippen LogP contribution in [0.5, 0.6) is 0 Å². The summed E-state index contributed by atoms with van der Waals surface area (Å²) in [5.74, 6) is -0.219. The molecular weight excluding hydrogens is 257 g/mol. The Hall–Kier alpha value is -0.900. The summed E-state index contributed by atoms with van der Waals surface area (Å²) in [6.07, 6.45) is 1.49. The monoisotopic (exact) mass is 269 g/mol.